The molecule has 0 radical (unpaired) electrons. The molecule has 0 unspecified atom stereocenters. The quantitative estimate of drug-likeness (QED) is 0.473. The van der Waals surface area contributed by atoms with Crippen LogP contribution >= 0.6 is 0 Å². The third-order valence-electron chi connectivity index (χ3n) is 3.04. The Labute approximate surface area is 105 Å². The van der Waals surface area contributed by atoms with Crippen molar-refractivity contribution in [2.75, 3.05) is 19.7 Å². The van der Waals surface area contributed by atoms with Gasteiger partial charge in [0.1, 0.15) is 6.61 Å². The Morgan fingerprint density at radius 2 is 1.78 bits per heavy atom. The lowest BCUT2D eigenvalue weighted by Crippen LogP contribution is -2.32. The summed E-state index contributed by atoms with van der Waals surface area (Å²) in [5.74, 6) is -0.319. The first kappa shape index (κ1) is 15.3. The summed E-state index contributed by atoms with van der Waals surface area (Å²) in [7, 11) is 0. The molecule has 0 saturated heterocycles. The minimum atomic E-state index is -4.22. The van der Waals surface area contributed by atoms with E-state index in [1.807, 2.05) is 0 Å². The molecule has 3 nitrogen and oxygen atoms in total. The van der Waals surface area contributed by atoms with Crippen molar-refractivity contribution < 1.29 is 22.7 Å². The monoisotopic (exact) mass is 267 g/mol. The van der Waals surface area contributed by atoms with Crippen LogP contribution in [0.1, 0.15) is 38.5 Å². The Balaban J connectivity index is 2.09. The Morgan fingerprint density at radius 3 is 2.33 bits per heavy atom. The van der Waals surface area contributed by atoms with Crippen LogP contribution in [-0.2, 0) is 9.53 Å². The van der Waals surface area contributed by atoms with E-state index < -0.39 is 12.7 Å². The molecular weight excluding hydrogens is 247 g/mol. The summed E-state index contributed by atoms with van der Waals surface area (Å²) in [6.07, 6.45) is 1.83. The summed E-state index contributed by atoms with van der Waals surface area (Å²) < 4.78 is 40.4. The molecule has 0 heterocycles. The number of carbonyl (C=O) groups excluding carboxylic acids is 1. The summed E-state index contributed by atoms with van der Waals surface area (Å²) in [4.78, 5) is 11.6. The first-order valence-corrected chi connectivity index (χ1v) is 6.43. The first-order chi connectivity index (χ1) is 8.49. The van der Waals surface area contributed by atoms with Gasteiger partial charge in [-0.25, -0.2) is 0 Å². The van der Waals surface area contributed by atoms with Crippen LogP contribution in [0.5, 0.6) is 0 Å². The lowest BCUT2D eigenvalue weighted by molar-refractivity contribution is -0.149. The van der Waals surface area contributed by atoms with Crippen molar-refractivity contribution in [1.29, 1.82) is 0 Å². The number of ether oxygens (including phenoxy) is 1. The van der Waals surface area contributed by atoms with E-state index in [0.29, 0.717) is 0 Å². The second-order valence-electron chi connectivity index (χ2n) is 4.65. The molecule has 106 valence electrons. The minimum absolute atomic E-state index is 0.00537. The zero-order chi connectivity index (χ0) is 13.4. The molecule has 6 heteroatoms. The molecule has 18 heavy (non-hydrogen) atoms. The average Bonchev–Trinajstić information content (AvgIpc) is 2.55. The number of esters is 1. The number of hydrogen-bond donors (Lipinski definition) is 1. The predicted molar refractivity (Wildman–Crippen MR) is 61.1 cm³/mol. The van der Waals surface area contributed by atoms with Crippen LogP contribution in [0.2, 0.25) is 0 Å². The highest BCUT2D eigenvalue weighted by Crippen LogP contribution is 2.23. The number of nitrogens with one attached hydrogen (secondary N) is 1. The zero-order valence-corrected chi connectivity index (χ0v) is 10.4. The molecule has 0 aromatic rings. The van der Waals surface area contributed by atoms with E-state index in [0.717, 1.165) is 38.5 Å². The van der Waals surface area contributed by atoms with Crippen LogP contribution in [0.3, 0.4) is 0 Å². The van der Waals surface area contributed by atoms with Crippen molar-refractivity contribution in [3.8, 4) is 0 Å². The van der Waals surface area contributed by atoms with Gasteiger partial charge in [0.2, 0.25) is 0 Å². The van der Waals surface area contributed by atoms with E-state index in [1.165, 1.54) is 0 Å². The van der Waals surface area contributed by atoms with E-state index in [1.54, 1.807) is 0 Å². The maximum Gasteiger partial charge on any atom is 0.401 e. The second-order valence-corrected chi connectivity index (χ2v) is 4.65. The third-order valence-corrected chi connectivity index (χ3v) is 3.04. The van der Waals surface area contributed by atoms with Crippen LogP contribution in [0.4, 0.5) is 13.2 Å². The average molecular weight is 267 g/mol. The zero-order valence-electron chi connectivity index (χ0n) is 10.4. The van der Waals surface area contributed by atoms with Crippen LogP contribution in [0.15, 0.2) is 0 Å². The van der Waals surface area contributed by atoms with Crippen LogP contribution < -0.4 is 5.32 Å². The van der Waals surface area contributed by atoms with Crippen molar-refractivity contribution >= 4 is 5.97 Å². The Bertz CT molecular complexity index is 248. The van der Waals surface area contributed by atoms with Gasteiger partial charge >= 0.3 is 12.1 Å². The number of carbonyl (C=O) groups is 1. The normalized spacial score (nSPS) is 18.4. The Kier molecular flexibility index (Phi) is 6.46. The Hall–Kier alpha value is -0.780. The van der Waals surface area contributed by atoms with Gasteiger partial charge in [-0.1, -0.05) is 25.7 Å². The first-order valence-electron chi connectivity index (χ1n) is 6.43. The number of rotatable bonds is 5. The molecular formula is C12H20F3NO2. The number of alkyl halides is 3. The van der Waals surface area contributed by atoms with Crippen molar-refractivity contribution in [3.63, 3.8) is 0 Å². The van der Waals surface area contributed by atoms with Gasteiger partial charge in [-0.2, -0.15) is 13.2 Å². The molecule has 0 bridgehead atoms. The highest BCUT2D eigenvalue weighted by molar-refractivity contribution is 5.72. The fourth-order valence-corrected chi connectivity index (χ4v) is 2.09. The molecule has 0 spiro atoms. The van der Waals surface area contributed by atoms with Crippen molar-refractivity contribution in [2.24, 2.45) is 5.92 Å². The van der Waals surface area contributed by atoms with Gasteiger partial charge in [0.25, 0.3) is 0 Å². The molecule has 1 N–H and O–H groups in total. The van der Waals surface area contributed by atoms with E-state index in [4.69, 9.17) is 4.74 Å². The van der Waals surface area contributed by atoms with E-state index in [-0.39, 0.29) is 25.0 Å². The van der Waals surface area contributed by atoms with E-state index in [9.17, 15) is 18.0 Å². The van der Waals surface area contributed by atoms with Crippen molar-refractivity contribution in [2.45, 2.75) is 44.7 Å². The van der Waals surface area contributed by atoms with Gasteiger partial charge in [-0.15, -0.1) is 0 Å². The molecule has 1 aliphatic carbocycles. The van der Waals surface area contributed by atoms with Gasteiger partial charge in [-0.3, -0.25) is 4.79 Å². The highest BCUT2D eigenvalue weighted by Gasteiger charge is 2.26. The second kappa shape index (κ2) is 7.61. The summed E-state index contributed by atoms with van der Waals surface area (Å²) in [6.45, 7) is -1.00. The lowest BCUT2D eigenvalue weighted by atomic mass is 10.0. The van der Waals surface area contributed by atoms with Crippen LogP contribution in [0.25, 0.3) is 0 Å². The van der Waals surface area contributed by atoms with Gasteiger partial charge in [0.15, 0.2) is 0 Å². The van der Waals surface area contributed by atoms with Gasteiger partial charge in [0, 0.05) is 6.54 Å². The molecule has 1 fully saturated rings. The molecule has 1 saturated carbocycles. The summed E-state index contributed by atoms with van der Waals surface area (Å²) in [5, 5.41) is 2.19. The number of halogens is 3. The van der Waals surface area contributed by atoms with E-state index in [2.05, 4.69) is 5.32 Å². The fourth-order valence-electron chi connectivity index (χ4n) is 2.09. The van der Waals surface area contributed by atoms with Gasteiger partial charge < -0.3 is 10.1 Å². The molecule has 0 aliphatic heterocycles. The Morgan fingerprint density at radius 1 is 1.17 bits per heavy atom. The molecule has 0 aromatic carbocycles. The summed E-state index contributed by atoms with van der Waals surface area (Å²) >= 11 is 0. The molecule has 0 aromatic heterocycles. The molecule has 1 aliphatic rings. The summed E-state index contributed by atoms with van der Waals surface area (Å²) in [5.41, 5.74) is 0. The van der Waals surface area contributed by atoms with Crippen molar-refractivity contribution in [1.82, 2.24) is 5.32 Å². The maximum atomic E-state index is 11.8. The molecule has 1 rings (SSSR count). The summed E-state index contributed by atoms with van der Waals surface area (Å²) in [6, 6.07) is 0. The molecule has 0 amide bonds. The number of hydrogen-bond acceptors (Lipinski definition) is 3. The standard InChI is InChI=1S/C12H20F3NO2/c13-12(14,15)9-16-7-8-18-11(17)10-5-3-1-2-4-6-10/h10,16H,1-9H2. The van der Waals surface area contributed by atoms with E-state index >= 15 is 0 Å². The molecule has 0 atom stereocenters. The van der Waals surface area contributed by atoms with Crippen molar-refractivity contribution in [3.05, 3.63) is 0 Å². The SMILES string of the molecule is O=C(OCCNCC(F)(F)F)C1CCCCCC1. The topological polar surface area (TPSA) is 38.3 Å². The maximum absolute atomic E-state index is 11.8. The highest BCUT2D eigenvalue weighted by atomic mass is 19.4. The smallest absolute Gasteiger partial charge is 0.401 e. The lowest BCUT2D eigenvalue weighted by Gasteiger charge is -2.13. The van der Waals surface area contributed by atoms with Crippen LogP contribution in [-0.4, -0.2) is 31.8 Å². The predicted octanol–water partition coefficient (Wildman–Crippen LogP) is 2.65. The van der Waals surface area contributed by atoms with Crippen LogP contribution in [0, 0.1) is 5.92 Å². The third kappa shape index (κ3) is 6.83. The van der Waals surface area contributed by atoms with Gasteiger partial charge in [-0.05, 0) is 12.8 Å². The van der Waals surface area contributed by atoms with Gasteiger partial charge in [0.05, 0.1) is 12.5 Å². The largest absolute Gasteiger partial charge is 0.464 e. The minimum Gasteiger partial charge on any atom is -0.464 e. The fraction of sp³-hybridized carbons (Fsp3) is 0.917.